The average Bonchev–Trinajstić information content (AvgIpc) is 2.77. The number of nitrogens with zero attached hydrogens (tertiary/aromatic N) is 1. The number of amides is 1. The summed E-state index contributed by atoms with van der Waals surface area (Å²) < 4.78 is 23.8. The highest BCUT2D eigenvalue weighted by molar-refractivity contribution is 9.10. The van der Waals surface area contributed by atoms with E-state index in [-0.39, 0.29) is 29.2 Å². The molecule has 1 amide bonds. The third-order valence-corrected chi connectivity index (χ3v) is 7.18. The van der Waals surface area contributed by atoms with Crippen LogP contribution in [0.3, 0.4) is 0 Å². The van der Waals surface area contributed by atoms with Crippen molar-refractivity contribution in [2.24, 2.45) is 0 Å². The van der Waals surface area contributed by atoms with Crippen molar-refractivity contribution < 1.29 is 13.2 Å². The summed E-state index contributed by atoms with van der Waals surface area (Å²) in [6.45, 7) is 0. The molecular formula is C13H17BrN2O3S2. The number of thioether (sulfide) groups is 1. The number of rotatable bonds is 4. The lowest BCUT2D eigenvalue weighted by Gasteiger charge is -2.23. The molecule has 0 bridgehead atoms. The number of carbonyl (C=O) groups is 1. The molecule has 1 aliphatic heterocycles. The van der Waals surface area contributed by atoms with Crippen molar-refractivity contribution in [3.63, 3.8) is 0 Å². The zero-order valence-electron chi connectivity index (χ0n) is 11.6. The molecule has 1 atom stereocenters. The van der Waals surface area contributed by atoms with Gasteiger partial charge in [0.2, 0.25) is 5.91 Å². The fraction of sp³-hybridized carbons (Fsp3) is 0.462. The molecule has 1 heterocycles. The van der Waals surface area contributed by atoms with Crippen molar-refractivity contribution in [2.75, 3.05) is 30.0 Å². The number of nitrogens with two attached hydrogens (primary N) is 1. The highest BCUT2D eigenvalue weighted by atomic mass is 79.9. The number of benzene rings is 1. The van der Waals surface area contributed by atoms with Gasteiger partial charge in [-0.05, 0) is 40.5 Å². The van der Waals surface area contributed by atoms with Gasteiger partial charge in [0.1, 0.15) is 0 Å². The lowest BCUT2D eigenvalue weighted by molar-refractivity contribution is -0.128. The van der Waals surface area contributed by atoms with Crippen LogP contribution in [0.4, 0.5) is 5.69 Å². The molecule has 0 aromatic heterocycles. The molecule has 0 radical (unpaired) electrons. The Balaban J connectivity index is 1.92. The van der Waals surface area contributed by atoms with Crippen LogP contribution in [0, 0.1) is 0 Å². The number of nitrogen functional groups attached to an aromatic ring is 1. The first-order chi connectivity index (χ1) is 9.78. The Hall–Kier alpha value is -0.730. The molecule has 1 unspecified atom stereocenters. The standard InChI is InChI=1S/C13H17BrN2O3S2/c1-16(10-4-5-21(18,19)8-10)13(17)7-20-12-3-2-9(15)6-11(12)14/h2-3,6,10H,4-5,7-8,15H2,1H3. The van der Waals surface area contributed by atoms with Gasteiger partial charge >= 0.3 is 0 Å². The van der Waals surface area contributed by atoms with E-state index in [9.17, 15) is 13.2 Å². The van der Waals surface area contributed by atoms with Gasteiger partial charge in [0, 0.05) is 28.1 Å². The zero-order valence-corrected chi connectivity index (χ0v) is 14.8. The third kappa shape index (κ3) is 4.37. The van der Waals surface area contributed by atoms with E-state index in [4.69, 9.17) is 5.73 Å². The fourth-order valence-electron chi connectivity index (χ4n) is 2.16. The predicted octanol–water partition coefficient (Wildman–Crippen LogP) is 1.77. The van der Waals surface area contributed by atoms with E-state index >= 15 is 0 Å². The van der Waals surface area contributed by atoms with Crippen molar-refractivity contribution >= 4 is 49.1 Å². The molecule has 1 aromatic rings. The summed E-state index contributed by atoms with van der Waals surface area (Å²) in [4.78, 5) is 14.7. The molecule has 2 N–H and O–H groups in total. The molecule has 21 heavy (non-hydrogen) atoms. The summed E-state index contributed by atoms with van der Waals surface area (Å²) in [5, 5.41) is 0. The summed E-state index contributed by atoms with van der Waals surface area (Å²) in [6.07, 6.45) is 0.529. The Morgan fingerprint density at radius 3 is 2.81 bits per heavy atom. The van der Waals surface area contributed by atoms with E-state index in [1.165, 1.54) is 11.8 Å². The SMILES string of the molecule is CN(C(=O)CSc1ccc(N)cc1Br)C1CCS(=O)(=O)C1. The largest absolute Gasteiger partial charge is 0.399 e. The first kappa shape index (κ1) is 16.6. The van der Waals surface area contributed by atoms with Crippen LogP contribution in [0.15, 0.2) is 27.6 Å². The third-order valence-electron chi connectivity index (χ3n) is 3.46. The van der Waals surface area contributed by atoms with Crippen molar-refractivity contribution in [3.8, 4) is 0 Å². The Morgan fingerprint density at radius 2 is 2.24 bits per heavy atom. The smallest absolute Gasteiger partial charge is 0.232 e. The van der Waals surface area contributed by atoms with Crippen molar-refractivity contribution in [2.45, 2.75) is 17.4 Å². The highest BCUT2D eigenvalue weighted by Crippen LogP contribution is 2.29. The number of halogens is 1. The predicted molar refractivity (Wildman–Crippen MR) is 89.1 cm³/mol. The lowest BCUT2D eigenvalue weighted by Crippen LogP contribution is -2.38. The minimum absolute atomic E-state index is 0.0641. The maximum Gasteiger partial charge on any atom is 0.232 e. The first-order valence-corrected chi connectivity index (χ1v) is 10.0. The van der Waals surface area contributed by atoms with Crippen LogP contribution in [-0.4, -0.2) is 49.6 Å². The van der Waals surface area contributed by atoms with Crippen LogP contribution in [0.2, 0.25) is 0 Å². The summed E-state index contributed by atoms with van der Waals surface area (Å²) in [7, 11) is -1.30. The number of hydrogen-bond acceptors (Lipinski definition) is 5. The van der Waals surface area contributed by atoms with E-state index in [0.29, 0.717) is 12.1 Å². The summed E-state index contributed by atoms with van der Waals surface area (Å²) in [6, 6.07) is 5.24. The molecule has 1 saturated heterocycles. The van der Waals surface area contributed by atoms with Gasteiger partial charge in [-0.15, -0.1) is 11.8 Å². The second kappa shape index (κ2) is 6.58. The second-order valence-electron chi connectivity index (χ2n) is 5.04. The summed E-state index contributed by atoms with van der Waals surface area (Å²) in [5.41, 5.74) is 6.33. The van der Waals surface area contributed by atoms with E-state index in [0.717, 1.165) is 9.37 Å². The van der Waals surface area contributed by atoms with E-state index in [1.54, 1.807) is 24.1 Å². The number of hydrogen-bond donors (Lipinski definition) is 1. The van der Waals surface area contributed by atoms with Crippen LogP contribution in [-0.2, 0) is 14.6 Å². The van der Waals surface area contributed by atoms with Gasteiger partial charge in [0.15, 0.2) is 9.84 Å². The summed E-state index contributed by atoms with van der Waals surface area (Å²) in [5.74, 6) is 0.457. The molecule has 116 valence electrons. The van der Waals surface area contributed by atoms with Gasteiger partial charge in [0.05, 0.1) is 17.3 Å². The molecule has 0 aliphatic carbocycles. The van der Waals surface area contributed by atoms with Gasteiger partial charge in [-0.1, -0.05) is 0 Å². The van der Waals surface area contributed by atoms with Gasteiger partial charge in [-0.2, -0.15) is 0 Å². The van der Waals surface area contributed by atoms with Gasteiger partial charge < -0.3 is 10.6 Å². The van der Waals surface area contributed by atoms with E-state index in [1.807, 2.05) is 6.07 Å². The van der Waals surface area contributed by atoms with Crippen molar-refractivity contribution in [1.29, 1.82) is 0 Å². The van der Waals surface area contributed by atoms with E-state index in [2.05, 4.69) is 15.9 Å². The van der Waals surface area contributed by atoms with Crippen LogP contribution in [0.1, 0.15) is 6.42 Å². The summed E-state index contributed by atoms with van der Waals surface area (Å²) >= 11 is 4.82. The average molecular weight is 393 g/mol. The van der Waals surface area contributed by atoms with Gasteiger partial charge in [-0.3, -0.25) is 4.79 Å². The number of carbonyl (C=O) groups excluding carboxylic acids is 1. The number of anilines is 1. The Kier molecular flexibility index (Phi) is 5.21. The molecule has 1 aliphatic rings. The Bertz CT molecular complexity index is 649. The maximum atomic E-state index is 12.2. The fourth-order valence-corrected chi connectivity index (χ4v) is 5.52. The minimum Gasteiger partial charge on any atom is -0.399 e. The Morgan fingerprint density at radius 1 is 1.52 bits per heavy atom. The molecule has 8 heteroatoms. The highest BCUT2D eigenvalue weighted by Gasteiger charge is 2.32. The molecular weight excluding hydrogens is 376 g/mol. The van der Waals surface area contributed by atoms with Crippen LogP contribution >= 0.6 is 27.7 Å². The number of sulfone groups is 1. The quantitative estimate of drug-likeness (QED) is 0.623. The molecule has 1 fully saturated rings. The maximum absolute atomic E-state index is 12.2. The zero-order chi connectivity index (χ0) is 15.6. The second-order valence-corrected chi connectivity index (χ2v) is 9.14. The van der Waals surface area contributed by atoms with Crippen LogP contribution < -0.4 is 5.73 Å². The Labute approximate surface area is 137 Å². The van der Waals surface area contributed by atoms with Crippen LogP contribution in [0.5, 0.6) is 0 Å². The first-order valence-electron chi connectivity index (χ1n) is 6.42. The van der Waals surface area contributed by atoms with Crippen molar-refractivity contribution in [3.05, 3.63) is 22.7 Å². The normalized spacial score (nSPS) is 20.4. The molecule has 1 aromatic carbocycles. The molecule has 5 nitrogen and oxygen atoms in total. The molecule has 0 spiro atoms. The topological polar surface area (TPSA) is 80.5 Å². The van der Waals surface area contributed by atoms with Crippen molar-refractivity contribution in [1.82, 2.24) is 4.90 Å². The monoisotopic (exact) mass is 392 g/mol. The van der Waals surface area contributed by atoms with Gasteiger partial charge in [-0.25, -0.2) is 8.42 Å². The molecule has 2 rings (SSSR count). The lowest BCUT2D eigenvalue weighted by atomic mass is 10.2. The van der Waals surface area contributed by atoms with E-state index < -0.39 is 9.84 Å². The van der Waals surface area contributed by atoms with Crippen LogP contribution in [0.25, 0.3) is 0 Å². The molecule has 0 saturated carbocycles. The minimum atomic E-state index is -2.97. The van der Waals surface area contributed by atoms with Gasteiger partial charge in [0.25, 0.3) is 0 Å².